The number of ether oxygens (including phenoxy) is 1. The highest BCUT2D eigenvalue weighted by molar-refractivity contribution is 5.83. The van der Waals surface area contributed by atoms with Crippen LogP contribution in [0.3, 0.4) is 0 Å². The fourth-order valence-corrected chi connectivity index (χ4v) is 2.51. The number of urea groups is 1. The molecule has 1 aromatic carbocycles. The Kier molecular flexibility index (Phi) is 4.68. The molecule has 6 heteroatoms. The molecule has 2 atom stereocenters. The Morgan fingerprint density at radius 2 is 2.00 bits per heavy atom. The van der Waals surface area contributed by atoms with Crippen molar-refractivity contribution in [3.8, 4) is 0 Å². The first-order chi connectivity index (χ1) is 10.4. The van der Waals surface area contributed by atoms with E-state index in [0.717, 1.165) is 18.2 Å². The van der Waals surface area contributed by atoms with Crippen LogP contribution in [0.25, 0.3) is 0 Å². The lowest BCUT2D eigenvalue weighted by atomic mass is 10.1. The molecule has 5 nitrogen and oxygen atoms in total. The first-order valence-corrected chi connectivity index (χ1v) is 7.25. The fraction of sp³-hybridized carbons (Fsp3) is 0.500. The number of nitrogens with zero attached hydrogens (tertiary/aromatic N) is 1. The van der Waals surface area contributed by atoms with Gasteiger partial charge < -0.3 is 15.0 Å². The van der Waals surface area contributed by atoms with Gasteiger partial charge in [-0.1, -0.05) is 29.8 Å². The van der Waals surface area contributed by atoms with E-state index in [-0.39, 0.29) is 31.6 Å². The molecule has 1 heterocycles. The van der Waals surface area contributed by atoms with Gasteiger partial charge in [0.25, 0.3) is 0 Å². The SMILES string of the molecule is COC(=O)[C@@]1(F)CCN(C(=O)N[C@H](C)c2ccc(C)cc2)C1. The second-order valence-corrected chi connectivity index (χ2v) is 5.71. The van der Waals surface area contributed by atoms with Gasteiger partial charge in [-0.25, -0.2) is 14.0 Å². The molecule has 1 aromatic rings. The van der Waals surface area contributed by atoms with Crippen LogP contribution in [-0.4, -0.2) is 42.8 Å². The molecule has 0 spiro atoms. The number of benzene rings is 1. The monoisotopic (exact) mass is 308 g/mol. The van der Waals surface area contributed by atoms with Gasteiger partial charge in [-0.3, -0.25) is 0 Å². The van der Waals surface area contributed by atoms with Crippen LogP contribution in [0.5, 0.6) is 0 Å². The van der Waals surface area contributed by atoms with Gasteiger partial charge in [-0.15, -0.1) is 0 Å². The number of halogens is 1. The molecular weight excluding hydrogens is 287 g/mol. The lowest BCUT2D eigenvalue weighted by Gasteiger charge is -2.22. The molecule has 1 aliphatic rings. The minimum absolute atomic E-state index is 0.0357. The van der Waals surface area contributed by atoms with E-state index >= 15 is 0 Å². The standard InChI is InChI=1S/C16H21FN2O3/c1-11-4-6-13(7-5-11)12(2)18-15(21)19-9-8-16(17,10-19)14(20)22-3/h4-7,12H,8-10H2,1-3H3,(H,18,21)/t12-,16-/m1/s1. The number of carbonyl (C=O) groups is 2. The normalized spacial score (nSPS) is 22.3. The number of methoxy groups -OCH3 is 1. The van der Waals surface area contributed by atoms with Crippen molar-refractivity contribution in [2.24, 2.45) is 0 Å². The molecule has 2 rings (SSSR count). The predicted octanol–water partition coefficient (Wildman–Crippen LogP) is 2.35. The third-order valence-corrected chi connectivity index (χ3v) is 3.98. The molecule has 0 aromatic heterocycles. The van der Waals surface area contributed by atoms with Crippen molar-refractivity contribution in [2.45, 2.75) is 32.0 Å². The van der Waals surface area contributed by atoms with E-state index in [1.807, 2.05) is 38.1 Å². The Morgan fingerprint density at radius 3 is 2.59 bits per heavy atom. The lowest BCUT2D eigenvalue weighted by Crippen LogP contribution is -2.44. The van der Waals surface area contributed by atoms with Gasteiger partial charge in [-0.2, -0.15) is 0 Å². The minimum Gasteiger partial charge on any atom is -0.467 e. The largest absolute Gasteiger partial charge is 0.467 e. The zero-order chi connectivity index (χ0) is 16.3. The van der Waals surface area contributed by atoms with Gasteiger partial charge in [0.15, 0.2) is 0 Å². The summed E-state index contributed by atoms with van der Waals surface area (Å²) in [5.41, 5.74) is 0.0128. The summed E-state index contributed by atoms with van der Waals surface area (Å²) in [5, 5.41) is 2.82. The summed E-state index contributed by atoms with van der Waals surface area (Å²) >= 11 is 0. The highest BCUT2D eigenvalue weighted by Gasteiger charge is 2.47. The zero-order valence-corrected chi connectivity index (χ0v) is 13.1. The molecule has 1 aliphatic heterocycles. The van der Waals surface area contributed by atoms with E-state index in [1.54, 1.807) is 0 Å². The van der Waals surface area contributed by atoms with Gasteiger partial charge in [0, 0.05) is 13.0 Å². The van der Waals surface area contributed by atoms with Crippen molar-refractivity contribution < 1.29 is 18.7 Å². The van der Waals surface area contributed by atoms with Crippen molar-refractivity contribution in [3.05, 3.63) is 35.4 Å². The van der Waals surface area contributed by atoms with Crippen LogP contribution >= 0.6 is 0 Å². The van der Waals surface area contributed by atoms with Crippen LogP contribution in [0, 0.1) is 6.92 Å². The van der Waals surface area contributed by atoms with Crippen LogP contribution in [0.2, 0.25) is 0 Å². The Balaban J connectivity index is 1.96. The Bertz CT molecular complexity index is 561. The molecule has 0 saturated carbocycles. The Labute approximate surface area is 129 Å². The minimum atomic E-state index is -2.10. The third kappa shape index (κ3) is 3.37. The number of carbonyl (C=O) groups excluding carboxylic acids is 2. The number of esters is 1. The molecule has 0 aliphatic carbocycles. The highest BCUT2D eigenvalue weighted by Crippen LogP contribution is 2.27. The number of likely N-dealkylation sites (tertiary alicyclic amines) is 1. The summed E-state index contributed by atoms with van der Waals surface area (Å²) in [6.07, 6.45) is -0.0357. The van der Waals surface area contributed by atoms with Gasteiger partial charge in [0.05, 0.1) is 19.7 Å². The molecule has 0 bridgehead atoms. The predicted molar refractivity (Wildman–Crippen MR) is 80.2 cm³/mol. The van der Waals surface area contributed by atoms with Gasteiger partial charge in [-0.05, 0) is 19.4 Å². The first kappa shape index (κ1) is 16.3. The Hall–Kier alpha value is -2.11. The summed E-state index contributed by atoms with van der Waals surface area (Å²) in [6, 6.07) is 7.25. The molecular formula is C16H21FN2O3. The second kappa shape index (κ2) is 6.34. The summed E-state index contributed by atoms with van der Waals surface area (Å²) in [6.45, 7) is 3.77. The average Bonchev–Trinajstić information content (AvgIpc) is 2.91. The molecule has 22 heavy (non-hydrogen) atoms. The first-order valence-electron chi connectivity index (χ1n) is 7.25. The number of nitrogens with one attached hydrogen (secondary N) is 1. The smallest absolute Gasteiger partial charge is 0.345 e. The average molecular weight is 308 g/mol. The van der Waals surface area contributed by atoms with Crippen molar-refractivity contribution >= 4 is 12.0 Å². The number of rotatable bonds is 3. The molecule has 1 fully saturated rings. The molecule has 1 saturated heterocycles. The zero-order valence-electron chi connectivity index (χ0n) is 13.1. The number of aryl methyl sites for hydroxylation is 1. The molecule has 0 unspecified atom stereocenters. The van der Waals surface area contributed by atoms with Crippen LogP contribution < -0.4 is 5.32 Å². The summed E-state index contributed by atoms with van der Waals surface area (Å²) in [5.74, 6) is -0.922. The van der Waals surface area contributed by atoms with Crippen molar-refractivity contribution in [3.63, 3.8) is 0 Å². The Morgan fingerprint density at radius 1 is 1.36 bits per heavy atom. The van der Waals surface area contributed by atoms with Gasteiger partial charge >= 0.3 is 12.0 Å². The van der Waals surface area contributed by atoms with E-state index in [1.165, 1.54) is 4.90 Å². The highest BCUT2D eigenvalue weighted by atomic mass is 19.1. The van der Waals surface area contributed by atoms with Crippen molar-refractivity contribution in [1.29, 1.82) is 0 Å². The van der Waals surface area contributed by atoms with E-state index in [9.17, 15) is 14.0 Å². The second-order valence-electron chi connectivity index (χ2n) is 5.71. The molecule has 0 radical (unpaired) electrons. The lowest BCUT2D eigenvalue weighted by molar-refractivity contribution is -0.153. The molecule has 120 valence electrons. The van der Waals surface area contributed by atoms with E-state index in [4.69, 9.17) is 0 Å². The van der Waals surface area contributed by atoms with Crippen molar-refractivity contribution in [1.82, 2.24) is 10.2 Å². The fourth-order valence-electron chi connectivity index (χ4n) is 2.51. The number of hydrogen-bond donors (Lipinski definition) is 1. The van der Waals surface area contributed by atoms with E-state index < -0.39 is 11.6 Å². The number of alkyl halides is 1. The van der Waals surface area contributed by atoms with Crippen LogP contribution in [0.15, 0.2) is 24.3 Å². The summed E-state index contributed by atoms with van der Waals surface area (Å²) in [7, 11) is 1.14. The maximum absolute atomic E-state index is 14.3. The maximum atomic E-state index is 14.3. The molecule has 1 N–H and O–H groups in total. The van der Waals surface area contributed by atoms with E-state index in [2.05, 4.69) is 10.1 Å². The van der Waals surface area contributed by atoms with Crippen LogP contribution in [0.1, 0.15) is 30.5 Å². The summed E-state index contributed by atoms with van der Waals surface area (Å²) in [4.78, 5) is 24.9. The number of hydrogen-bond acceptors (Lipinski definition) is 3. The topological polar surface area (TPSA) is 58.6 Å². The van der Waals surface area contributed by atoms with Crippen LogP contribution in [0.4, 0.5) is 9.18 Å². The maximum Gasteiger partial charge on any atom is 0.345 e. The number of amides is 2. The van der Waals surface area contributed by atoms with Gasteiger partial charge in [0.2, 0.25) is 5.67 Å². The third-order valence-electron chi connectivity index (χ3n) is 3.98. The van der Waals surface area contributed by atoms with E-state index in [0.29, 0.717) is 0 Å². The quantitative estimate of drug-likeness (QED) is 0.872. The van der Waals surface area contributed by atoms with Crippen LogP contribution in [-0.2, 0) is 9.53 Å². The van der Waals surface area contributed by atoms with Crippen molar-refractivity contribution in [2.75, 3.05) is 20.2 Å². The summed E-state index contributed by atoms with van der Waals surface area (Å²) < 4.78 is 18.8. The molecule has 2 amide bonds. The van der Waals surface area contributed by atoms with Gasteiger partial charge in [0.1, 0.15) is 0 Å².